The van der Waals surface area contributed by atoms with Gasteiger partial charge in [-0.25, -0.2) is 0 Å². The Bertz CT molecular complexity index is 396. The predicted octanol–water partition coefficient (Wildman–Crippen LogP) is 3.19. The molecule has 1 unspecified atom stereocenters. The molecule has 0 saturated carbocycles. The van der Waals surface area contributed by atoms with E-state index in [1.807, 2.05) is 0 Å². The summed E-state index contributed by atoms with van der Waals surface area (Å²) in [5.74, 6) is 0. The molecule has 0 spiro atoms. The molecule has 1 aliphatic rings. The van der Waals surface area contributed by atoms with E-state index in [0.29, 0.717) is 6.04 Å². The minimum atomic E-state index is 0.568. The largest absolute Gasteiger partial charge is 0.309 e. The molecule has 0 aliphatic carbocycles. The first-order valence-electron chi connectivity index (χ1n) is 7.58. The number of hydrogen-bond acceptors (Lipinski definition) is 2. The highest BCUT2D eigenvalue weighted by Crippen LogP contribution is 2.16. The molecule has 0 amide bonds. The first-order chi connectivity index (χ1) is 9.06. The van der Waals surface area contributed by atoms with Gasteiger partial charge >= 0.3 is 0 Å². The molecule has 2 rings (SSSR count). The van der Waals surface area contributed by atoms with E-state index in [1.54, 1.807) is 0 Å². The van der Waals surface area contributed by atoms with Gasteiger partial charge in [-0.2, -0.15) is 0 Å². The minimum absolute atomic E-state index is 0.568. The van der Waals surface area contributed by atoms with Crippen molar-refractivity contribution in [2.75, 3.05) is 19.6 Å². The fraction of sp³-hybridized carbons (Fsp3) is 0.647. The normalized spacial score (nSPS) is 17.9. The minimum Gasteiger partial charge on any atom is -0.309 e. The molecule has 1 atom stereocenters. The quantitative estimate of drug-likeness (QED) is 0.874. The number of aryl methyl sites for hydroxylation is 3. The van der Waals surface area contributed by atoms with Crippen molar-refractivity contribution in [2.24, 2.45) is 0 Å². The van der Waals surface area contributed by atoms with Gasteiger partial charge in [0.25, 0.3) is 0 Å². The lowest BCUT2D eigenvalue weighted by molar-refractivity contribution is 0.298. The lowest BCUT2D eigenvalue weighted by Gasteiger charge is -2.22. The van der Waals surface area contributed by atoms with E-state index in [9.17, 15) is 0 Å². The smallest absolute Gasteiger partial charge is 0.0213 e. The van der Waals surface area contributed by atoms with Crippen LogP contribution in [0.25, 0.3) is 0 Å². The lowest BCUT2D eigenvalue weighted by atomic mass is 9.99. The van der Waals surface area contributed by atoms with Crippen LogP contribution >= 0.6 is 0 Å². The molecule has 2 nitrogen and oxygen atoms in total. The Kier molecular flexibility index (Phi) is 5.00. The molecule has 0 bridgehead atoms. The highest BCUT2D eigenvalue weighted by molar-refractivity contribution is 5.37. The molecule has 1 heterocycles. The Morgan fingerprint density at radius 1 is 1.11 bits per heavy atom. The fourth-order valence-electron chi connectivity index (χ4n) is 3.18. The third kappa shape index (κ3) is 4.05. The zero-order valence-corrected chi connectivity index (χ0v) is 12.9. The zero-order chi connectivity index (χ0) is 13.8. The Morgan fingerprint density at radius 3 is 2.26 bits per heavy atom. The Hall–Kier alpha value is -0.860. The van der Waals surface area contributed by atoms with Crippen molar-refractivity contribution in [1.82, 2.24) is 10.2 Å². The van der Waals surface area contributed by atoms with Crippen LogP contribution in [0.2, 0.25) is 0 Å². The summed E-state index contributed by atoms with van der Waals surface area (Å²) in [4.78, 5) is 2.58. The third-order valence-electron chi connectivity index (χ3n) is 4.20. The van der Waals surface area contributed by atoms with Gasteiger partial charge in [-0.15, -0.1) is 0 Å². The summed E-state index contributed by atoms with van der Waals surface area (Å²) in [5.41, 5.74) is 5.67. The summed E-state index contributed by atoms with van der Waals surface area (Å²) in [6.45, 7) is 13.7. The van der Waals surface area contributed by atoms with Crippen molar-refractivity contribution >= 4 is 0 Å². The van der Waals surface area contributed by atoms with Gasteiger partial charge in [0.2, 0.25) is 0 Å². The molecule has 1 saturated heterocycles. The average Bonchev–Trinajstić information content (AvgIpc) is 2.80. The molecule has 1 aromatic rings. The summed E-state index contributed by atoms with van der Waals surface area (Å²) in [6.07, 6.45) is 2.76. The van der Waals surface area contributed by atoms with E-state index >= 15 is 0 Å². The van der Waals surface area contributed by atoms with E-state index in [2.05, 4.69) is 50.0 Å². The summed E-state index contributed by atoms with van der Waals surface area (Å²) < 4.78 is 0. The number of likely N-dealkylation sites (tertiary alicyclic amines) is 1. The van der Waals surface area contributed by atoms with Crippen molar-refractivity contribution in [1.29, 1.82) is 0 Å². The van der Waals surface area contributed by atoms with Crippen LogP contribution in [-0.4, -0.2) is 30.6 Å². The van der Waals surface area contributed by atoms with Gasteiger partial charge < -0.3 is 10.2 Å². The summed E-state index contributed by atoms with van der Waals surface area (Å²) in [5, 5.41) is 3.69. The molecule has 1 N–H and O–H groups in total. The molecular formula is C17H28N2. The lowest BCUT2D eigenvalue weighted by Crippen LogP contribution is -2.37. The molecule has 0 aromatic heterocycles. The highest BCUT2D eigenvalue weighted by atomic mass is 15.2. The second-order valence-electron chi connectivity index (χ2n) is 6.17. The first-order valence-corrected chi connectivity index (χ1v) is 7.58. The molecule has 0 radical (unpaired) electrons. The summed E-state index contributed by atoms with van der Waals surface area (Å²) in [7, 11) is 0. The Morgan fingerprint density at radius 2 is 1.68 bits per heavy atom. The zero-order valence-electron chi connectivity index (χ0n) is 12.9. The second kappa shape index (κ2) is 6.53. The van der Waals surface area contributed by atoms with E-state index in [4.69, 9.17) is 0 Å². The van der Waals surface area contributed by atoms with Gasteiger partial charge in [0.05, 0.1) is 0 Å². The van der Waals surface area contributed by atoms with Crippen molar-refractivity contribution < 1.29 is 0 Å². The number of rotatable bonds is 5. The van der Waals surface area contributed by atoms with Gasteiger partial charge in [0.15, 0.2) is 0 Å². The first kappa shape index (κ1) is 14.5. The van der Waals surface area contributed by atoms with E-state index in [-0.39, 0.29) is 0 Å². The number of hydrogen-bond donors (Lipinski definition) is 1. The maximum absolute atomic E-state index is 3.69. The monoisotopic (exact) mass is 260 g/mol. The van der Waals surface area contributed by atoms with Crippen LogP contribution < -0.4 is 5.32 Å². The van der Waals surface area contributed by atoms with Crippen molar-refractivity contribution in [2.45, 2.75) is 53.1 Å². The maximum atomic E-state index is 3.69. The standard InChI is InChI=1S/C17H28N2/c1-13-9-14(2)17(15(3)10-13)11-18-16(4)12-19-7-5-6-8-19/h9-10,16,18H,5-8,11-12H2,1-4H3. The average molecular weight is 260 g/mol. The predicted molar refractivity (Wildman–Crippen MR) is 82.6 cm³/mol. The van der Waals surface area contributed by atoms with Crippen LogP contribution in [0, 0.1) is 20.8 Å². The number of nitrogens with zero attached hydrogens (tertiary/aromatic N) is 1. The van der Waals surface area contributed by atoms with Crippen LogP contribution in [0.1, 0.15) is 42.0 Å². The van der Waals surface area contributed by atoms with Gasteiger partial charge in [-0.3, -0.25) is 0 Å². The van der Waals surface area contributed by atoms with Gasteiger partial charge in [0, 0.05) is 19.1 Å². The molecule has 19 heavy (non-hydrogen) atoms. The van der Waals surface area contributed by atoms with Crippen LogP contribution in [0.4, 0.5) is 0 Å². The number of benzene rings is 1. The van der Waals surface area contributed by atoms with Crippen LogP contribution in [0.15, 0.2) is 12.1 Å². The summed E-state index contributed by atoms with van der Waals surface area (Å²) in [6, 6.07) is 5.14. The third-order valence-corrected chi connectivity index (χ3v) is 4.20. The van der Waals surface area contributed by atoms with E-state index < -0.39 is 0 Å². The molecule has 2 heteroatoms. The van der Waals surface area contributed by atoms with Crippen molar-refractivity contribution in [3.63, 3.8) is 0 Å². The number of nitrogens with one attached hydrogen (secondary N) is 1. The van der Waals surface area contributed by atoms with Gasteiger partial charge in [-0.05, 0) is 70.3 Å². The van der Waals surface area contributed by atoms with Gasteiger partial charge in [-0.1, -0.05) is 17.7 Å². The molecular weight excluding hydrogens is 232 g/mol. The van der Waals surface area contributed by atoms with Crippen molar-refractivity contribution in [3.05, 3.63) is 34.4 Å². The summed E-state index contributed by atoms with van der Waals surface area (Å²) >= 11 is 0. The van der Waals surface area contributed by atoms with Gasteiger partial charge in [0.1, 0.15) is 0 Å². The highest BCUT2D eigenvalue weighted by Gasteiger charge is 2.14. The van der Waals surface area contributed by atoms with Crippen LogP contribution in [0.3, 0.4) is 0 Å². The fourth-order valence-corrected chi connectivity index (χ4v) is 3.18. The molecule has 106 valence electrons. The van der Waals surface area contributed by atoms with Crippen molar-refractivity contribution in [3.8, 4) is 0 Å². The Labute approximate surface area is 118 Å². The maximum Gasteiger partial charge on any atom is 0.0213 e. The molecule has 1 aliphatic heterocycles. The molecule has 1 aromatic carbocycles. The Balaban J connectivity index is 1.87. The second-order valence-corrected chi connectivity index (χ2v) is 6.17. The van der Waals surface area contributed by atoms with E-state index in [1.165, 1.54) is 54.7 Å². The topological polar surface area (TPSA) is 15.3 Å². The van der Waals surface area contributed by atoms with E-state index in [0.717, 1.165) is 6.54 Å². The van der Waals surface area contributed by atoms with Crippen LogP contribution in [0.5, 0.6) is 0 Å². The molecule has 1 fully saturated rings. The van der Waals surface area contributed by atoms with Crippen LogP contribution in [-0.2, 0) is 6.54 Å². The SMILES string of the molecule is Cc1cc(C)c(CNC(C)CN2CCCC2)c(C)c1.